The van der Waals surface area contributed by atoms with Gasteiger partial charge in [0, 0.05) is 25.6 Å². The van der Waals surface area contributed by atoms with E-state index < -0.39 is 0 Å². The quantitative estimate of drug-likeness (QED) is 0.787. The molecule has 2 heterocycles. The monoisotopic (exact) mass is 330 g/mol. The van der Waals surface area contributed by atoms with Crippen molar-refractivity contribution in [3.05, 3.63) is 23.3 Å². The standard InChI is InChI=1S/C15H22N8O/c1-11-8-13(15-17-20-21(3)18-15)9-12(2)14(11)24-7-5-6-23-10-16-19-22(23)4/h8-10,19H,5-7H2,1-4H3. The fourth-order valence-electron chi connectivity index (χ4n) is 2.63. The Balaban J connectivity index is 1.60. The largest absolute Gasteiger partial charge is 0.493 e. The average molecular weight is 330 g/mol. The van der Waals surface area contributed by atoms with Gasteiger partial charge in [0.25, 0.3) is 0 Å². The fraction of sp³-hybridized carbons (Fsp3) is 0.467. The Kier molecular flexibility index (Phi) is 4.61. The van der Waals surface area contributed by atoms with E-state index in [1.54, 1.807) is 13.4 Å². The van der Waals surface area contributed by atoms with Crippen LogP contribution in [0, 0.1) is 13.8 Å². The highest BCUT2D eigenvalue weighted by molar-refractivity contribution is 5.60. The van der Waals surface area contributed by atoms with Crippen LogP contribution in [0.2, 0.25) is 0 Å². The number of aromatic nitrogens is 4. The minimum absolute atomic E-state index is 0.624. The Morgan fingerprint density at radius 3 is 2.50 bits per heavy atom. The molecule has 9 heteroatoms. The van der Waals surface area contributed by atoms with Gasteiger partial charge in [0.1, 0.15) is 12.1 Å². The van der Waals surface area contributed by atoms with E-state index in [0.29, 0.717) is 12.4 Å². The second kappa shape index (κ2) is 6.83. The number of hydrogen-bond donors (Lipinski definition) is 1. The molecule has 0 atom stereocenters. The van der Waals surface area contributed by atoms with Crippen LogP contribution in [0.25, 0.3) is 11.4 Å². The maximum Gasteiger partial charge on any atom is 0.204 e. The third-order valence-corrected chi connectivity index (χ3v) is 3.78. The topological polar surface area (TPSA) is 83.7 Å². The number of benzene rings is 1. The van der Waals surface area contributed by atoms with Gasteiger partial charge >= 0.3 is 0 Å². The SMILES string of the molecule is Cc1cc(-c2nnn(C)n2)cc(C)c1OCCCN1C=NNN1C. The second-order valence-electron chi connectivity index (χ2n) is 5.77. The Hall–Kier alpha value is -2.68. The number of hydrogen-bond acceptors (Lipinski definition) is 8. The third kappa shape index (κ3) is 3.46. The van der Waals surface area contributed by atoms with Crippen LogP contribution in [0.1, 0.15) is 17.5 Å². The summed E-state index contributed by atoms with van der Waals surface area (Å²) in [4.78, 5) is 1.46. The van der Waals surface area contributed by atoms with Crippen molar-refractivity contribution in [2.45, 2.75) is 20.3 Å². The van der Waals surface area contributed by atoms with Crippen LogP contribution in [-0.2, 0) is 7.05 Å². The maximum absolute atomic E-state index is 5.99. The normalized spacial score (nSPS) is 14.2. The van der Waals surface area contributed by atoms with Gasteiger partial charge in [-0.1, -0.05) is 0 Å². The number of hydrazine groups is 2. The van der Waals surface area contributed by atoms with Crippen LogP contribution >= 0.6 is 0 Å². The van der Waals surface area contributed by atoms with Gasteiger partial charge in [-0.25, -0.2) is 5.53 Å². The number of ether oxygens (including phenoxy) is 1. The zero-order chi connectivity index (χ0) is 17.1. The van der Waals surface area contributed by atoms with Crippen molar-refractivity contribution in [3.8, 4) is 17.1 Å². The lowest BCUT2D eigenvalue weighted by Gasteiger charge is -2.22. The van der Waals surface area contributed by atoms with E-state index in [2.05, 4.69) is 26.0 Å². The molecule has 0 radical (unpaired) electrons. The minimum Gasteiger partial charge on any atom is -0.493 e. The van der Waals surface area contributed by atoms with E-state index in [0.717, 1.165) is 35.4 Å². The van der Waals surface area contributed by atoms with Gasteiger partial charge in [-0.3, -0.25) is 5.01 Å². The third-order valence-electron chi connectivity index (χ3n) is 3.78. The molecule has 0 fully saturated rings. The number of hydrazone groups is 1. The lowest BCUT2D eigenvalue weighted by atomic mass is 10.1. The molecule has 1 aromatic carbocycles. The molecule has 24 heavy (non-hydrogen) atoms. The van der Waals surface area contributed by atoms with Gasteiger partial charge in [-0.05, 0) is 42.3 Å². The van der Waals surface area contributed by atoms with Crippen LogP contribution in [0.15, 0.2) is 17.2 Å². The molecular weight excluding hydrogens is 308 g/mol. The lowest BCUT2D eigenvalue weighted by molar-refractivity contribution is 0.0469. The van der Waals surface area contributed by atoms with E-state index in [9.17, 15) is 0 Å². The number of rotatable bonds is 6. The van der Waals surface area contributed by atoms with Crippen LogP contribution < -0.4 is 10.3 Å². The van der Waals surface area contributed by atoms with Crippen molar-refractivity contribution in [2.24, 2.45) is 12.1 Å². The van der Waals surface area contributed by atoms with Crippen molar-refractivity contribution in [2.75, 3.05) is 20.2 Å². The molecule has 1 aliphatic heterocycles. The summed E-state index contributed by atoms with van der Waals surface area (Å²) in [6.07, 6.45) is 2.66. The molecule has 1 aromatic heterocycles. The highest BCUT2D eigenvalue weighted by Crippen LogP contribution is 2.28. The molecule has 1 aliphatic rings. The van der Waals surface area contributed by atoms with Gasteiger partial charge < -0.3 is 4.74 Å². The molecule has 3 rings (SSSR count). The summed E-state index contributed by atoms with van der Waals surface area (Å²) in [6.45, 7) is 5.55. The zero-order valence-corrected chi connectivity index (χ0v) is 14.4. The summed E-state index contributed by atoms with van der Waals surface area (Å²) in [7, 11) is 3.67. The Labute approximate surface area is 140 Å². The molecule has 9 nitrogen and oxygen atoms in total. The molecule has 0 unspecified atom stereocenters. The Morgan fingerprint density at radius 2 is 1.92 bits per heavy atom. The molecule has 128 valence electrons. The van der Waals surface area contributed by atoms with Crippen molar-refractivity contribution < 1.29 is 4.74 Å². The first-order chi connectivity index (χ1) is 11.5. The molecule has 0 amide bonds. The first-order valence-electron chi connectivity index (χ1n) is 7.82. The maximum atomic E-state index is 5.99. The van der Waals surface area contributed by atoms with Crippen LogP contribution in [-0.4, -0.2) is 56.9 Å². The average Bonchev–Trinajstić information content (AvgIpc) is 3.14. The molecular formula is C15H22N8O. The molecule has 0 spiro atoms. The van der Waals surface area contributed by atoms with Crippen molar-refractivity contribution in [1.82, 2.24) is 35.9 Å². The van der Waals surface area contributed by atoms with Crippen molar-refractivity contribution in [1.29, 1.82) is 0 Å². The summed E-state index contributed by atoms with van der Waals surface area (Å²) >= 11 is 0. The van der Waals surface area contributed by atoms with Gasteiger partial charge in [0.05, 0.1) is 13.7 Å². The predicted octanol–water partition coefficient (Wildman–Crippen LogP) is 0.873. The summed E-state index contributed by atoms with van der Waals surface area (Å²) in [5.74, 6) is 1.54. The number of tetrazole rings is 1. The van der Waals surface area contributed by atoms with E-state index >= 15 is 0 Å². The molecule has 0 saturated carbocycles. The summed E-state index contributed by atoms with van der Waals surface area (Å²) in [5, 5.41) is 20.0. The molecule has 2 aromatic rings. The number of nitrogens with one attached hydrogen (secondary N) is 1. The van der Waals surface area contributed by atoms with Gasteiger partial charge in [-0.2, -0.15) is 9.90 Å². The predicted molar refractivity (Wildman–Crippen MR) is 89.9 cm³/mol. The zero-order valence-electron chi connectivity index (χ0n) is 14.4. The van der Waals surface area contributed by atoms with Crippen molar-refractivity contribution >= 4 is 6.34 Å². The minimum atomic E-state index is 0.624. The van der Waals surface area contributed by atoms with E-state index in [1.807, 2.05) is 43.2 Å². The highest BCUT2D eigenvalue weighted by atomic mass is 16.5. The van der Waals surface area contributed by atoms with Crippen LogP contribution in [0.3, 0.4) is 0 Å². The van der Waals surface area contributed by atoms with Crippen LogP contribution in [0.5, 0.6) is 5.75 Å². The smallest absolute Gasteiger partial charge is 0.204 e. The molecule has 0 saturated heterocycles. The summed E-state index contributed by atoms with van der Waals surface area (Å²) in [5.41, 5.74) is 5.93. The van der Waals surface area contributed by atoms with E-state index in [-0.39, 0.29) is 0 Å². The second-order valence-corrected chi connectivity index (χ2v) is 5.77. The molecule has 1 N–H and O–H groups in total. The summed E-state index contributed by atoms with van der Waals surface area (Å²) < 4.78 is 5.99. The Morgan fingerprint density at radius 1 is 1.17 bits per heavy atom. The Bertz CT molecular complexity index is 718. The van der Waals surface area contributed by atoms with E-state index in [1.165, 1.54) is 4.80 Å². The van der Waals surface area contributed by atoms with Crippen LogP contribution in [0.4, 0.5) is 0 Å². The first kappa shape index (κ1) is 16.2. The lowest BCUT2D eigenvalue weighted by Crippen LogP contribution is -2.40. The first-order valence-corrected chi connectivity index (χ1v) is 7.82. The molecule has 0 bridgehead atoms. The summed E-state index contributed by atoms with van der Waals surface area (Å²) in [6, 6.07) is 4.06. The fourth-order valence-corrected chi connectivity index (χ4v) is 2.63. The molecule has 0 aliphatic carbocycles. The number of nitrogens with zero attached hydrogens (tertiary/aromatic N) is 7. The highest BCUT2D eigenvalue weighted by Gasteiger charge is 2.13. The van der Waals surface area contributed by atoms with Crippen molar-refractivity contribution in [3.63, 3.8) is 0 Å². The van der Waals surface area contributed by atoms with Gasteiger partial charge in [0.15, 0.2) is 0 Å². The number of aryl methyl sites for hydroxylation is 3. The van der Waals surface area contributed by atoms with Gasteiger partial charge in [0.2, 0.25) is 5.82 Å². The van der Waals surface area contributed by atoms with Gasteiger partial charge in [-0.15, -0.1) is 15.3 Å². The van der Waals surface area contributed by atoms with E-state index in [4.69, 9.17) is 4.74 Å².